The van der Waals surface area contributed by atoms with Gasteiger partial charge in [-0.3, -0.25) is 4.90 Å². The number of hydrogen-bond acceptors (Lipinski definition) is 5. The zero-order valence-electron chi connectivity index (χ0n) is 19.7. The van der Waals surface area contributed by atoms with Crippen molar-refractivity contribution >= 4 is 5.96 Å². The lowest BCUT2D eigenvalue weighted by Crippen LogP contribution is -2.40. The minimum Gasteiger partial charge on any atom is -0.493 e. The quantitative estimate of drug-likeness (QED) is 0.461. The van der Waals surface area contributed by atoms with E-state index in [2.05, 4.69) is 53.6 Å². The number of hydrogen-bond donors (Lipinski definition) is 2. The molecular weight excluding hydrogens is 404 g/mol. The summed E-state index contributed by atoms with van der Waals surface area (Å²) in [5, 5.41) is 6.72. The topological polar surface area (TPSA) is 67.4 Å². The molecular formula is C25H36N4O3. The maximum atomic E-state index is 5.65. The van der Waals surface area contributed by atoms with Crippen molar-refractivity contribution in [2.45, 2.75) is 39.6 Å². The van der Waals surface area contributed by atoms with E-state index in [-0.39, 0.29) is 0 Å². The number of rotatable bonds is 9. The molecule has 0 aromatic heterocycles. The molecule has 1 aliphatic heterocycles. The van der Waals surface area contributed by atoms with Crippen molar-refractivity contribution in [3.8, 4) is 11.5 Å². The molecule has 0 spiro atoms. The molecule has 0 radical (unpaired) electrons. The Bertz CT molecular complexity index is 887. The molecule has 0 aliphatic carbocycles. The Morgan fingerprint density at radius 1 is 1.06 bits per heavy atom. The lowest BCUT2D eigenvalue weighted by atomic mass is 10.1. The molecule has 2 aromatic rings. The largest absolute Gasteiger partial charge is 0.493 e. The molecule has 1 unspecified atom stereocenters. The molecule has 0 saturated carbocycles. The average molecular weight is 441 g/mol. The summed E-state index contributed by atoms with van der Waals surface area (Å²) in [5.41, 5.74) is 3.61. The summed E-state index contributed by atoms with van der Waals surface area (Å²) in [7, 11) is 3.29. The van der Waals surface area contributed by atoms with Crippen molar-refractivity contribution in [3.63, 3.8) is 0 Å². The van der Waals surface area contributed by atoms with Crippen LogP contribution in [0.5, 0.6) is 11.5 Å². The smallest absolute Gasteiger partial charge is 0.191 e. The second-order valence-corrected chi connectivity index (χ2v) is 7.97. The van der Waals surface area contributed by atoms with Crippen LogP contribution in [0.4, 0.5) is 0 Å². The zero-order valence-corrected chi connectivity index (χ0v) is 19.7. The van der Waals surface area contributed by atoms with E-state index in [0.29, 0.717) is 19.2 Å². The van der Waals surface area contributed by atoms with Gasteiger partial charge in [-0.05, 0) is 42.7 Å². The standard InChI is InChI=1S/C25H36N4O3/c1-5-26-25(28-16-21-9-10-23(30-3)24(14-21)31-4)27-15-20-7-6-8-22(13-20)18-29-11-12-32-19(2)17-29/h6-10,13-14,19H,5,11-12,15-18H2,1-4H3,(H2,26,27,28). The Labute approximate surface area is 191 Å². The van der Waals surface area contributed by atoms with Gasteiger partial charge in [-0.2, -0.15) is 0 Å². The van der Waals surface area contributed by atoms with E-state index in [0.717, 1.165) is 55.8 Å². The van der Waals surface area contributed by atoms with Gasteiger partial charge in [0.15, 0.2) is 17.5 Å². The molecule has 32 heavy (non-hydrogen) atoms. The maximum Gasteiger partial charge on any atom is 0.191 e. The molecule has 7 heteroatoms. The van der Waals surface area contributed by atoms with Crippen molar-refractivity contribution in [2.24, 2.45) is 4.99 Å². The molecule has 1 fully saturated rings. The van der Waals surface area contributed by atoms with Gasteiger partial charge in [-0.1, -0.05) is 30.3 Å². The second kappa shape index (κ2) is 12.3. The summed E-state index contributed by atoms with van der Waals surface area (Å²) in [5.74, 6) is 2.23. The van der Waals surface area contributed by atoms with Crippen LogP contribution in [0.2, 0.25) is 0 Å². The van der Waals surface area contributed by atoms with Gasteiger partial charge < -0.3 is 24.8 Å². The predicted octanol–water partition coefficient (Wildman–Crippen LogP) is 3.18. The number of nitrogens with one attached hydrogen (secondary N) is 2. The van der Waals surface area contributed by atoms with Crippen LogP contribution in [0, 0.1) is 0 Å². The van der Waals surface area contributed by atoms with Crippen molar-refractivity contribution in [1.29, 1.82) is 0 Å². The predicted molar refractivity (Wildman–Crippen MR) is 128 cm³/mol. The van der Waals surface area contributed by atoms with Crippen LogP contribution in [0.25, 0.3) is 0 Å². The van der Waals surface area contributed by atoms with Gasteiger partial charge in [0.25, 0.3) is 0 Å². The first kappa shape index (κ1) is 23.9. The fourth-order valence-corrected chi connectivity index (χ4v) is 3.81. The van der Waals surface area contributed by atoms with E-state index in [4.69, 9.17) is 19.2 Å². The highest BCUT2D eigenvalue weighted by Gasteiger charge is 2.16. The third kappa shape index (κ3) is 7.14. The van der Waals surface area contributed by atoms with Gasteiger partial charge >= 0.3 is 0 Å². The molecule has 1 atom stereocenters. The third-order valence-corrected chi connectivity index (χ3v) is 5.39. The van der Waals surface area contributed by atoms with Crippen LogP contribution in [-0.4, -0.2) is 57.4 Å². The van der Waals surface area contributed by atoms with E-state index in [1.54, 1.807) is 14.2 Å². The monoisotopic (exact) mass is 440 g/mol. The summed E-state index contributed by atoms with van der Waals surface area (Å²) < 4.78 is 16.4. The maximum absolute atomic E-state index is 5.65. The summed E-state index contributed by atoms with van der Waals surface area (Å²) in [6, 6.07) is 14.6. The third-order valence-electron chi connectivity index (χ3n) is 5.39. The first-order valence-corrected chi connectivity index (χ1v) is 11.3. The normalized spacial score (nSPS) is 17.1. The number of guanidine groups is 1. The van der Waals surface area contributed by atoms with E-state index >= 15 is 0 Å². The molecule has 2 N–H and O–H groups in total. The number of morpholine rings is 1. The van der Waals surface area contributed by atoms with Crippen molar-refractivity contribution in [2.75, 3.05) is 40.5 Å². The highest BCUT2D eigenvalue weighted by molar-refractivity contribution is 5.79. The van der Waals surface area contributed by atoms with Gasteiger partial charge in [0.2, 0.25) is 0 Å². The highest BCUT2D eigenvalue weighted by Crippen LogP contribution is 2.27. The van der Waals surface area contributed by atoms with E-state index in [9.17, 15) is 0 Å². The number of aliphatic imine (C=N–C) groups is 1. The van der Waals surface area contributed by atoms with Crippen molar-refractivity contribution in [1.82, 2.24) is 15.5 Å². The van der Waals surface area contributed by atoms with Crippen LogP contribution in [-0.2, 0) is 24.4 Å². The molecule has 174 valence electrons. The van der Waals surface area contributed by atoms with Crippen LogP contribution in [0.15, 0.2) is 47.5 Å². The van der Waals surface area contributed by atoms with Crippen LogP contribution in [0.3, 0.4) is 0 Å². The Kier molecular flexibility index (Phi) is 9.19. The summed E-state index contributed by atoms with van der Waals surface area (Å²) >= 11 is 0. The number of nitrogens with zero attached hydrogens (tertiary/aromatic N) is 2. The molecule has 1 heterocycles. The first-order chi connectivity index (χ1) is 15.6. The summed E-state index contributed by atoms with van der Waals surface area (Å²) in [4.78, 5) is 7.23. The van der Waals surface area contributed by atoms with Gasteiger partial charge in [0, 0.05) is 32.7 Å². The van der Waals surface area contributed by atoms with E-state index in [1.807, 2.05) is 18.2 Å². The lowest BCUT2D eigenvalue weighted by molar-refractivity contribution is -0.0212. The molecule has 1 aliphatic rings. The highest BCUT2D eigenvalue weighted by atomic mass is 16.5. The average Bonchev–Trinajstić information content (AvgIpc) is 2.81. The van der Waals surface area contributed by atoms with Crippen LogP contribution < -0.4 is 20.1 Å². The first-order valence-electron chi connectivity index (χ1n) is 11.3. The Balaban J connectivity index is 1.60. The summed E-state index contributed by atoms with van der Waals surface area (Å²) in [6.45, 7) is 9.98. The fourth-order valence-electron chi connectivity index (χ4n) is 3.81. The number of ether oxygens (including phenoxy) is 3. The number of methoxy groups -OCH3 is 2. The minimum absolute atomic E-state index is 0.302. The Morgan fingerprint density at radius 3 is 2.62 bits per heavy atom. The van der Waals surface area contributed by atoms with Crippen LogP contribution in [0.1, 0.15) is 30.5 Å². The van der Waals surface area contributed by atoms with Crippen molar-refractivity contribution < 1.29 is 14.2 Å². The SMILES string of the molecule is CCNC(=NCc1cccc(CN2CCOC(C)C2)c1)NCc1ccc(OC)c(OC)c1. The molecule has 2 aromatic carbocycles. The van der Waals surface area contributed by atoms with Gasteiger partial charge in [0.1, 0.15) is 0 Å². The molecule has 0 bridgehead atoms. The molecule has 7 nitrogen and oxygen atoms in total. The fraction of sp³-hybridized carbons (Fsp3) is 0.480. The van der Waals surface area contributed by atoms with Crippen molar-refractivity contribution in [3.05, 3.63) is 59.2 Å². The molecule has 0 amide bonds. The second-order valence-electron chi connectivity index (χ2n) is 7.97. The Morgan fingerprint density at radius 2 is 1.88 bits per heavy atom. The van der Waals surface area contributed by atoms with Crippen LogP contribution >= 0.6 is 0 Å². The summed E-state index contributed by atoms with van der Waals surface area (Å²) in [6.07, 6.45) is 0.302. The zero-order chi connectivity index (χ0) is 22.8. The minimum atomic E-state index is 0.302. The Hall–Kier alpha value is -2.77. The lowest BCUT2D eigenvalue weighted by Gasteiger charge is -2.31. The molecule has 1 saturated heterocycles. The van der Waals surface area contributed by atoms with Gasteiger partial charge in [0.05, 0.1) is 33.5 Å². The number of benzene rings is 2. The van der Waals surface area contributed by atoms with E-state index < -0.39 is 0 Å². The van der Waals surface area contributed by atoms with Gasteiger partial charge in [-0.25, -0.2) is 4.99 Å². The van der Waals surface area contributed by atoms with E-state index in [1.165, 1.54) is 11.1 Å². The molecule has 3 rings (SSSR count). The van der Waals surface area contributed by atoms with Gasteiger partial charge in [-0.15, -0.1) is 0 Å².